The van der Waals surface area contributed by atoms with Crippen LogP contribution in [0.5, 0.6) is 5.75 Å². The maximum Gasteiger partial charge on any atom is 0.410 e. The van der Waals surface area contributed by atoms with Crippen LogP contribution >= 0.6 is 0 Å². The third kappa shape index (κ3) is 3.92. The lowest BCUT2D eigenvalue weighted by atomic mass is 9.74. The van der Waals surface area contributed by atoms with E-state index < -0.39 is 0 Å². The van der Waals surface area contributed by atoms with Gasteiger partial charge in [-0.25, -0.2) is 9.18 Å². The van der Waals surface area contributed by atoms with E-state index in [4.69, 9.17) is 9.47 Å². The number of carbonyl (C=O) groups excluding carboxylic acids is 1. The summed E-state index contributed by atoms with van der Waals surface area (Å²) in [5.41, 5.74) is 1.01. The SMILES string of the molecule is CC(C)(C)COC(=O)N1C2CCC1CC(N1CCC3(CC1)COc1ccc(F)cc13)C2. The van der Waals surface area contributed by atoms with Gasteiger partial charge in [0.15, 0.2) is 0 Å². The third-order valence-corrected chi connectivity index (χ3v) is 7.84. The number of nitrogens with zero attached hydrogens (tertiary/aromatic N) is 2. The summed E-state index contributed by atoms with van der Waals surface area (Å²) in [5.74, 6) is 0.684. The number of hydrogen-bond donors (Lipinski definition) is 0. The summed E-state index contributed by atoms with van der Waals surface area (Å²) >= 11 is 0. The van der Waals surface area contributed by atoms with Gasteiger partial charge < -0.3 is 19.3 Å². The molecular weight excluding hydrogens is 395 g/mol. The Morgan fingerprint density at radius 2 is 1.84 bits per heavy atom. The maximum atomic E-state index is 13.9. The normalized spacial score (nSPS) is 29.7. The van der Waals surface area contributed by atoms with Crippen molar-refractivity contribution in [2.75, 3.05) is 26.3 Å². The molecule has 0 aliphatic carbocycles. The molecule has 5 rings (SSSR count). The lowest BCUT2D eigenvalue weighted by molar-refractivity contribution is 0.0151. The number of halogens is 1. The van der Waals surface area contributed by atoms with Crippen molar-refractivity contribution < 1.29 is 18.7 Å². The summed E-state index contributed by atoms with van der Waals surface area (Å²) in [7, 11) is 0. The number of piperidine rings is 2. The maximum absolute atomic E-state index is 13.9. The summed E-state index contributed by atoms with van der Waals surface area (Å²) in [4.78, 5) is 17.4. The molecule has 2 bridgehead atoms. The Hall–Kier alpha value is -1.82. The van der Waals surface area contributed by atoms with E-state index in [-0.39, 0.29) is 22.7 Å². The number of fused-ring (bicyclic) bond motifs is 4. The number of ether oxygens (including phenoxy) is 2. The number of rotatable bonds is 2. The molecule has 0 aromatic heterocycles. The monoisotopic (exact) mass is 430 g/mol. The Morgan fingerprint density at radius 1 is 1.16 bits per heavy atom. The van der Waals surface area contributed by atoms with Gasteiger partial charge in [-0.05, 0) is 75.2 Å². The molecule has 0 saturated carbocycles. The number of likely N-dealkylation sites (tertiary alicyclic amines) is 1. The van der Waals surface area contributed by atoms with Gasteiger partial charge in [0, 0.05) is 29.1 Å². The van der Waals surface area contributed by atoms with E-state index in [2.05, 4.69) is 25.7 Å². The topological polar surface area (TPSA) is 42.0 Å². The second kappa shape index (κ2) is 7.65. The summed E-state index contributed by atoms with van der Waals surface area (Å²) < 4.78 is 25.4. The van der Waals surface area contributed by atoms with Crippen LogP contribution in [-0.2, 0) is 10.2 Å². The van der Waals surface area contributed by atoms with Crippen molar-refractivity contribution in [2.45, 2.75) is 82.8 Å². The van der Waals surface area contributed by atoms with Gasteiger partial charge in [0.1, 0.15) is 11.6 Å². The molecule has 4 aliphatic rings. The van der Waals surface area contributed by atoms with E-state index >= 15 is 0 Å². The van der Waals surface area contributed by atoms with Crippen molar-refractivity contribution in [3.05, 3.63) is 29.6 Å². The first-order chi connectivity index (χ1) is 14.7. The quantitative estimate of drug-likeness (QED) is 0.680. The standard InChI is InChI=1S/C25H35FN2O3/c1-24(2,3)15-31-23(29)28-18-5-6-19(28)14-20(13-18)27-10-8-25(9-11-27)16-30-22-7-4-17(26)12-21(22)25/h4,7,12,18-20H,5-6,8-11,13-16H2,1-3H3. The Kier molecular flexibility index (Phi) is 5.19. The smallest absolute Gasteiger partial charge is 0.410 e. The Labute approximate surface area is 184 Å². The van der Waals surface area contributed by atoms with Crippen LogP contribution in [0.25, 0.3) is 0 Å². The first-order valence-corrected chi connectivity index (χ1v) is 11.9. The predicted molar refractivity (Wildman–Crippen MR) is 117 cm³/mol. The van der Waals surface area contributed by atoms with Crippen LogP contribution in [-0.4, -0.2) is 60.3 Å². The Balaban J connectivity index is 1.20. The van der Waals surface area contributed by atoms with Crippen LogP contribution in [0.1, 0.15) is 64.9 Å². The lowest BCUT2D eigenvalue weighted by Gasteiger charge is -2.47. The molecule has 1 amide bonds. The number of hydrogen-bond acceptors (Lipinski definition) is 4. The molecular formula is C25H35FN2O3. The van der Waals surface area contributed by atoms with Crippen molar-refractivity contribution >= 4 is 6.09 Å². The molecule has 5 nitrogen and oxygen atoms in total. The molecule has 1 spiro atoms. The second-order valence-corrected chi connectivity index (χ2v) is 11.3. The van der Waals surface area contributed by atoms with Crippen molar-refractivity contribution in [2.24, 2.45) is 5.41 Å². The van der Waals surface area contributed by atoms with Crippen LogP contribution < -0.4 is 4.74 Å². The number of amides is 1. The summed E-state index contributed by atoms with van der Waals surface area (Å²) in [5, 5.41) is 0. The molecule has 3 fully saturated rings. The van der Waals surface area contributed by atoms with Gasteiger partial charge >= 0.3 is 6.09 Å². The molecule has 4 heterocycles. The molecule has 2 unspecified atom stereocenters. The van der Waals surface area contributed by atoms with Crippen LogP contribution in [0, 0.1) is 11.2 Å². The van der Waals surface area contributed by atoms with Gasteiger partial charge in [-0.15, -0.1) is 0 Å². The average molecular weight is 431 g/mol. The van der Waals surface area contributed by atoms with Crippen LogP contribution in [0.2, 0.25) is 0 Å². The molecule has 31 heavy (non-hydrogen) atoms. The van der Waals surface area contributed by atoms with E-state index in [1.54, 1.807) is 12.1 Å². The summed E-state index contributed by atoms with van der Waals surface area (Å²) in [6.07, 6.45) is 6.14. The number of benzene rings is 1. The van der Waals surface area contributed by atoms with Crippen molar-refractivity contribution in [1.29, 1.82) is 0 Å². The zero-order valence-corrected chi connectivity index (χ0v) is 19.0. The molecule has 2 atom stereocenters. The summed E-state index contributed by atoms with van der Waals surface area (Å²) in [6.45, 7) is 9.42. The van der Waals surface area contributed by atoms with Crippen LogP contribution in [0.4, 0.5) is 9.18 Å². The average Bonchev–Trinajstić information content (AvgIpc) is 3.20. The first kappa shape index (κ1) is 21.0. The van der Waals surface area contributed by atoms with Gasteiger partial charge in [-0.3, -0.25) is 0 Å². The predicted octanol–water partition coefficient (Wildman–Crippen LogP) is 4.73. The number of carbonyl (C=O) groups is 1. The van der Waals surface area contributed by atoms with Gasteiger partial charge in [0.2, 0.25) is 0 Å². The minimum atomic E-state index is -0.173. The third-order valence-electron chi connectivity index (χ3n) is 7.84. The van der Waals surface area contributed by atoms with Crippen molar-refractivity contribution in [3.8, 4) is 5.75 Å². The molecule has 170 valence electrons. The lowest BCUT2D eigenvalue weighted by Crippen LogP contribution is -2.55. The van der Waals surface area contributed by atoms with Gasteiger partial charge in [-0.2, -0.15) is 0 Å². The second-order valence-electron chi connectivity index (χ2n) is 11.3. The molecule has 0 radical (unpaired) electrons. The van der Waals surface area contributed by atoms with E-state index in [0.29, 0.717) is 31.3 Å². The highest BCUT2D eigenvalue weighted by molar-refractivity contribution is 5.69. The molecule has 1 aromatic carbocycles. The highest BCUT2D eigenvalue weighted by atomic mass is 19.1. The molecule has 3 saturated heterocycles. The Morgan fingerprint density at radius 3 is 2.48 bits per heavy atom. The van der Waals surface area contributed by atoms with E-state index in [9.17, 15) is 9.18 Å². The highest BCUT2D eigenvalue weighted by Gasteiger charge is 2.48. The van der Waals surface area contributed by atoms with Crippen LogP contribution in [0.3, 0.4) is 0 Å². The largest absolute Gasteiger partial charge is 0.492 e. The van der Waals surface area contributed by atoms with Gasteiger partial charge in [-0.1, -0.05) is 20.8 Å². The van der Waals surface area contributed by atoms with Gasteiger partial charge in [0.25, 0.3) is 0 Å². The fourth-order valence-corrected chi connectivity index (χ4v) is 6.16. The zero-order valence-electron chi connectivity index (χ0n) is 19.0. The van der Waals surface area contributed by atoms with E-state index in [0.717, 1.165) is 62.9 Å². The Bertz CT molecular complexity index is 830. The van der Waals surface area contributed by atoms with Crippen molar-refractivity contribution in [3.63, 3.8) is 0 Å². The molecule has 1 aromatic rings. The molecule has 0 N–H and O–H groups in total. The fraction of sp³-hybridized carbons (Fsp3) is 0.720. The van der Waals surface area contributed by atoms with Crippen LogP contribution in [0.15, 0.2) is 18.2 Å². The fourth-order valence-electron chi connectivity index (χ4n) is 6.16. The summed E-state index contributed by atoms with van der Waals surface area (Å²) in [6, 6.07) is 6.07. The first-order valence-electron chi connectivity index (χ1n) is 11.9. The minimum Gasteiger partial charge on any atom is -0.492 e. The van der Waals surface area contributed by atoms with Crippen molar-refractivity contribution in [1.82, 2.24) is 9.80 Å². The minimum absolute atomic E-state index is 0.0116. The van der Waals surface area contributed by atoms with E-state index in [1.165, 1.54) is 6.07 Å². The van der Waals surface area contributed by atoms with E-state index in [1.807, 2.05) is 4.90 Å². The molecule has 4 aliphatic heterocycles. The molecule has 6 heteroatoms. The highest BCUT2D eigenvalue weighted by Crippen LogP contribution is 2.47. The van der Waals surface area contributed by atoms with Gasteiger partial charge in [0.05, 0.1) is 13.2 Å². The zero-order chi connectivity index (χ0) is 21.8.